The molecule has 30 heavy (non-hydrogen) atoms. The zero-order valence-electron chi connectivity index (χ0n) is 17.7. The molecule has 1 spiro atoms. The van der Waals surface area contributed by atoms with Crippen LogP contribution in [0.2, 0.25) is 0 Å². The molecule has 0 amide bonds. The van der Waals surface area contributed by atoms with E-state index >= 15 is 0 Å². The molecule has 1 aromatic rings. The molecule has 166 valence electrons. The lowest BCUT2D eigenvalue weighted by atomic mass is 9.78. The summed E-state index contributed by atoms with van der Waals surface area (Å²) in [5.41, 5.74) is 1.81. The zero-order chi connectivity index (χ0) is 21.3. The zero-order valence-corrected chi connectivity index (χ0v) is 19.3. The van der Waals surface area contributed by atoms with E-state index in [0.29, 0.717) is 6.42 Å². The number of hydrogen-bond donors (Lipinski definition) is 1. The monoisotopic (exact) mass is 454 g/mol. The van der Waals surface area contributed by atoms with Crippen LogP contribution in [0.15, 0.2) is 12.1 Å². The van der Waals surface area contributed by atoms with E-state index in [4.69, 9.17) is 0 Å². The number of fused-ring (bicyclic) bond motifs is 1. The van der Waals surface area contributed by atoms with E-state index in [1.807, 2.05) is 23.5 Å². The molecule has 2 fully saturated rings. The van der Waals surface area contributed by atoms with Gasteiger partial charge in [-0.25, -0.2) is 8.78 Å². The van der Waals surface area contributed by atoms with E-state index in [2.05, 4.69) is 6.92 Å². The van der Waals surface area contributed by atoms with Crippen LogP contribution in [0.5, 0.6) is 0 Å². The minimum Gasteiger partial charge on any atom is -0.396 e. The highest BCUT2D eigenvalue weighted by molar-refractivity contribution is 8.21. The number of halogens is 2. The van der Waals surface area contributed by atoms with Gasteiger partial charge >= 0.3 is 0 Å². The van der Waals surface area contributed by atoms with Gasteiger partial charge in [0.2, 0.25) is 0 Å². The van der Waals surface area contributed by atoms with Crippen molar-refractivity contribution in [2.24, 2.45) is 17.8 Å². The first-order valence-corrected chi connectivity index (χ1v) is 13.3. The van der Waals surface area contributed by atoms with Crippen LogP contribution < -0.4 is 0 Å². The van der Waals surface area contributed by atoms with E-state index in [0.717, 1.165) is 67.6 Å². The van der Waals surface area contributed by atoms with Crippen molar-refractivity contribution in [3.05, 3.63) is 34.9 Å². The van der Waals surface area contributed by atoms with Gasteiger partial charge in [0.05, 0.1) is 4.08 Å². The van der Waals surface area contributed by atoms with Crippen molar-refractivity contribution < 1.29 is 18.7 Å². The standard InChI is InChI=1S/C24H32F2O2S2/c1-2-3-4-15(18-6-5-16-9-21(25)22(26)11-19(16)18)10-23(28)20-13-24(12-17(20)14-27)29-7-8-30-24/h9,11,15,17-18,20,27H,2-8,10,12-14H2,1H3. The molecule has 0 aromatic heterocycles. The largest absolute Gasteiger partial charge is 0.396 e. The second-order valence-corrected chi connectivity index (χ2v) is 12.5. The molecule has 3 aliphatic rings. The minimum absolute atomic E-state index is 0.0600. The Bertz CT molecular complexity index is 779. The maximum Gasteiger partial charge on any atom is 0.159 e. The van der Waals surface area contributed by atoms with E-state index in [1.165, 1.54) is 12.1 Å². The Morgan fingerprint density at radius 2 is 1.97 bits per heavy atom. The second kappa shape index (κ2) is 9.50. The average molecular weight is 455 g/mol. The molecule has 2 nitrogen and oxygen atoms in total. The van der Waals surface area contributed by atoms with Gasteiger partial charge < -0.3 is 5.11 Å². The predicted molar refractivity (Wildman–Crippen MR) is 121 cm³/mol. The van der Waals surface area contributed by atoms with Crippen molar-refractivity contribution in [2.45, 2.75) is 68.3 Å². The molecule has 4 atom stereocenters. The summed E-state index contributed by atoms with van der Waals surface area (Å²) in [4.78, 5) is 13.5. The van der Waals surface area contributed by atoms with Gasteiger partial charge in [-0.1, -0.05) is 19.8 Å². The van der Waals surface area contributed by atoms with Crippen molar-refractivity contribution in [1.29, 1.82) is 0 Å². The Morgan fingerprint density at radius 1 is 1.23 bits per heavy atom. The highest BCUT2D eigenvalue weighted by atomic mass is 32.2. The highest BCUT2D eigenvalue weighted by Gasteiger charge is 2.50. The molecule has 1 heterocycles. The first-order chi connectivity index (χ1) is 14.5. The SMILES string of the molecule is CCCCC(CC(=O)C1CC2(CC1CO)SCCS2)C1CCc2cc(F)c(F)cc21. The van der Waals surface area contributed by atoms with Gasteiger partial charge in [-0.05, 0) is 73.1 Å². The Kier molecular flexibility index (Phi) is 7.15. The maximum atomic E-state index is 14.0. The lowest BCUT2D eigenvalue weighted by Gasteiger charge is -2.26. The third-order valence-electron chi connectivity index (χ3n) is 7.40. The summed E-state index contributed by atoms with van der Waals surface area (Å²) >= 11 is 3.93. The van der Waals surface area contributed by atoms with Crippen LogP contribution in [0.4, 0.5) is 8.78 Å². The molecule has 6 heteroatoms. The molecule has 0 radical (unpaired) electrons. The smallest absolute Gasteiger partial charge is 0.159 e. The number of rotatable bonds is 8. The number of benzene rings is 1. The van der Waals surface area contributed by atoms with Crippen molar-refractivity contribution in [2.75, 3.05) is 18.1 Å². The van der Waals surface area contributed by atoms with Crippen molar-refractivity contribution in [3.63, 3.8) is 0 Å². The number of aliphatic hydroxyl groups excluding tert-OH is 1. The third kappa shape index (κ3) is 4.47. The molecule has 4 rings (SSSR count). The number of aliphatic hydroxyl groups is 1. The second-order valence-electron chi connectivity index (χ2n) is 9.25. The van der Waals surface area contributed by atoms with Gasteiger partial charge in [0.25, 0.3) is 0 Å². The number of ketones is 1. The Hall–Kier alpha value is -0.590. The summed E-state index contributed by atoms with van der Waals surface area (Å²) < 4.78 is 27.8. The summed E-state index contributed by atoms with van der Waals surface area (Å²) in [6, 6.07) is 2.72. The first kappa shape index (κ1) is 22.6. The summed E-state index contributed by atoms with van der Waals surface area (Å²) in [7, 11) is 0. The Morgan fingerprint density at radius 3 is 2.67 bits per heavy atom. The molecule has 1 aliphatic heterocycles. The van der Waals surface area contributed by atoms with Crippen LogP contribution in [-0.2, 0) is 11.2 Å². The Balaban J connectivity index is 1.51. The van der Waals surface area contributed by atoms with Crippen molar-refractivity contribution >= 4 is 29.3 Å². The fourth-order valence-electron chi connectivity index (χ4n) is 5.87. The molecule has 1 N–H and O–H groups in total. The van der Waals surface area contributed by atoms with Gasteiger partial charge in [0.15, 0.2) is 11.6 Å². The van der Waals surface area contributed by atoms with Gasteiger partial charge in [-0.15, -0.1) is 23.5 Å². The van der Waals surface area contributed by atoms with E-state index in [-0.39, 0.29) is 40.1 Å². The predicted octanol–water partition coefficient (Wildman–Crippen LogP) is 5.96. The fraction of sp³-hybridized carbons (Fsp3) is 0.708. The molecule has 2 aliphatic carbocycles. The van der Waals surface area contributed by atoms with Crippen molar-refractivity contribution in [1.82, 2.24) is 0 Å². The number of carbonyl (C=O) groups is 1. The minimum atomic E-state index is -0.783. The van der Waals surface area contributed by atoms with Crippen LogP contribution >= 0.6 is 23.5 Å². The lowest BCUT2D eigenvalue weighted by Crippen LogP contribution is -2.25. The van der Waals surface area contributed by atoms with Crippen molar-refractivity contribution in [3.8, 4) is 0 Å². The number of thioether (sulfide) groups is 2. The van der Waals surface area contributed by atoms with Gasteiger partial charge in [-0.3, -0.25) is 4.79 Å². The lowest BCUT2D eigenvalue weighted by molar-refractivity contribution is -0.125. The summed E-state index contributed by atoms with van der Waals surface area (Å²) in [5.74, 6) is 1.27. The Labute approximate surface area is 187 Å². The summed E-state index contributed by atoms with van der Waals surface area (Å²) in [6.45, 7) is 2.23. The van der Waals surface area contributed by atoms with Gasteiger partial charge in [0, 0.05) is 30.5 Å². The van der Waals surface area contributed by atoms with Crippen LogP contribution in [0.1, 0.15) is 68.9 Å². The van der Waals surface area contributed by atoms with Gasteiger partial charge in [0.1, 0.15) is 5.78 Å². The van der Waals surface area contributed by atoms with Crippen LogP contribution in [0.3, 0.4) is 0 Å². The number of carbonyl (C=O) groups excluding carboxylic acids is 1. The molecular formula is C24H32F2O2S2. The number of unbranched alkanes of at least 4 members (excludes halogenated alkanes) is 1. The molecule has 4 unspecified atom stereocenters. The molecular weight excluding hydrogens is 422 g/mol. The number of aryl methyl sites for hydroxylation is 1. The number of Topliss-reactive ketones (excluding diaryl/α,β-unsaturated/α-hetero) is 1. The first-order valence-electron chi connectivity index (χ1n) is 11.4. The van der Waals surface area contributed by atoms with Gasteiger partial charge in [-0.2, -0.15) is 0 Å². The summed E-state index contributed by atoms with van der Waals surface area (Å²) in [5, 5.41) is 9.95. The molecule has 1 saturated carbocycles. The number of hydrogen-bond acceptors (Lipinski definition) is 4. The molecule has 0 bridgehead atoms. The van der Waals surface area contributed by atoms with Crippen LogP contribution in [-0.4, -0.2) is 33.1 Å². The van der Waals surface area contributed by atoms with E-state index in [1.54, 1.807) is 0 Å². The maximum absolute atomic E-state index is 14.0. The summed E-state index contributed by atoms with van der Waals surface area (Å²) in [6.07, 6.45) is 6.95. The quantitative estimate of drug-likeness (QED) is 0.526. The van der Waals surface area contributed by atoms with E-state index in [9.17, 15) is 18.7 Å². The highest BCUT2D eigenvalue weighted by Crippen LogP contribution is 2.58. The normalized spacial score (nSPS) is 28.2. The van der Waals surface area contributed by atoms with Crippen LogP contribution in [0.25, 0.3) is 0 Å². The van der Waals surface area contributed by atoms with E-state index < -0.39 is 11.6 Å². The average Bonchev–Trinajstić information content (AvgIpc) is 3.45. The topological polar surface area (TPSA) is 37.3 Å². The third-order valence-corrected chi connectivity index (χ3v) is 10.9. The molecule has 1 aromatic carbocycles. The van der Waals surface area contributed by atoms with Crippen LogP contribution in [0, 0.1) is 29.4 Å². The molecule has 1 saturated heterocycles. The fourth-order valence-corrected chi connectivity index (χ4v) is 9.37.